The van der Waals surface area contributed by atoms with Crippen molar-refractivity contribution in [1.82, 2.24) is 4.90 Å². The number of benzene rings is 3. The highest BCUT2D eigenvalue weighted by atomic mass is 16.5. The van der Waals surface area contributed by atoms with Gasteiger partial charge in [-0.2, -0.15) is 0 Å². The Kier molecular flexibility index (Phi) is 5.70. The van der Waals surface area contributed by atoms with Gasteiger partial charge >= 0.3 is 0 Å². The molecule has 0 saturated carbocycles. The quantitative estimate of drug-likeness (QED) is 0.691. The van der Waals surface area contributed by atoms with Gasteiger partial charge in [0.25, 0.3) is 5.91 Å². The van der Waals surface area contributed by atoms with Crippen LogP contribution in [0.5, 0.6) is 5.75 Å². The zero-order chi connectivity index (χ0) is 21.1. The Morgan fingerprint density at radius 2 is 1.87 bits per heavy atom. The van der Waals surface area contributed by atoms with Crippen LogP contribution < -0.4 is 10.1 Å². The van der Waals surface area contributed by atoms with Crippen LogP contribution >= 0.6 is 0 Å². The fourth-order valence-corrected chi connectivity index (χ4v) is 4.11. The monoisotopic (exact) mass is 402 g/mol. The molecule has 1 unspecified atom stereocenters. The molecule has 3 aromatic rings. The van der Waals surface area contributed by atoms with Gasteiger partial charge in [0.05, 0.1) is 18.7 Å². The van der Waals surface area contributed by atoms with Gasteiger partial charge in [-0.05, 0) is 54.3 Å². The molecular formula is C25H26N2O3. The number of methoxy groups -OCH3 is 1. The number of nitrogens with one attached hydrogen (secondary N) is 1. The predicted octanol–water partition coefficient (Wildman–Crippen LogP) is 4.65. The number of anilines is 1. The number of amides is 2. The van der Waals surface area contributed by atoms with Crippen molar-refractivity contribution in [3.8, 4) is 5.75 Å². The molecule has 3 aromatic carbocycles. The van der Waals surface area contributed by atoms with Gasteiger partial charge in [-0.1, -0.05) is 42.5 Å². The molecule has 154 valence electrons. The van der Waals surface area contributed by atoms with Crippen molar-refractivity contribution in [3.05, 3.63) is 71.8 Å². The maximum Gasteiger partial charge on any atom is 0.254 e. The second kappa shape index (κ2) is 8.57. The molecule has 0 bridgehead atoms. The minimum atomic E-state index is -0.247. The molecule has 0 radical (unpaired) electrons. The van der Waals surface area contributed by atoms with E-state index in [0.717, 1.165) is 29.2 Å². The van der Waals surface area contributed by atoms with E-state index in [0.29, 0.717) is 30.1 Å². The van der Waals surface area contributed by atoms with Crippen molar-refractivity contribution in [2.45, 2.75) is 19.8 Å². The van der Waals surface area contributed by atoms with E-state index in [2.05, 4.69) is 5.32 Å². The van der Waals surface area contributed by atoms with E-state index in [9.17, 15) is 9.59 Å². The average molecular weight is 402 g/mol. The van der Waals surface area contributed by atoms with Crippen molar-refractivity contribution < 1.29 is 14.3 Å². The summed E-state index contributed by atoms with van der Waals surface area (Å²) in [5.74, 6) is 0.295. The minimum Gasteiger partial charge on any atom is -0.495 e. The standard InChI is InChI=1S/C25H26N2O3/c1-17-12-13-23(30-2)22(15-17)26-24(28)19-9-6-14-27(16-19)25(29)21-11-5-8-18-7-3-4-10-20(18)21/h3-5,7-8,10-13,15,19H,6,9,14,16H2,1-2H3,(H,26,28). The van der Waals surface area contributed by atoms with Crippen LogP contribution in [0.3, 0.4) is 0 Å². The Morgan fingerprint density at radius 1 is 1.07 bits per heavy atom. The summed E-state index contributed by atoms with van der Waals surface area (Å²) in [4.78, 5) is 28.0. The second-order valence-electron chi connectivity index (χ2n) is 7.81. The van der Waals surface area contributed by atoms with Gasteiger partial charge < -0.3 is 15.0 Å². The van der Waals surface area contributed by atoms with E-state index in [-0.39, 0.29) is 17.7 Å². The number of piperidine rings is 1. The number of aryl methyl sites for hydroxylation is 1. The third-order valence-electron chi connectivity index (χ3n) is 5.71. The predicted molar refractivity (Wildman–Crippen MR) is 119 cm³/mol. The Bertz CT molecular complexity index is 1090. The highest BCUT2D eigenvalue weighted by Gasteiger charge is 2.30. The van der Waals surface area contributed by atoms with E-state index >= 15 is 0 Å². The first-order chi connectivity index (χ1) is 14.6. The first-order valence-electron chi connectivity index (χ1n) is 10.3. The molecule has 0 aliphatic carbocycles. The molecule has 1 atom stereocenters. The van der Waals surface area contributed by atoms with E-state index in [1.54, 1.807) is 7.11 Å². The van der Waals surface area contributed by atoms with Gasteiger partial charge in [-0.25, -0.2) is 0 Å². The molecule has 0 aromatic heterocycles. The van der Waals surface area contributed by atoms with Crippen molar-refractivity contribution in [2.75, 3.05) is 25.5 Å². The molecule has 1 N–H and O–H groups in total. The van der Waals surface area contributed by atoms with E-state index in [1.165, 1.54) is 0 Å². The van der Waals surface area contributed by atoms with Gasteiger partial charge in [-0.15, -0.1) is 0 Å². The molecule has 2 amide bonds. The molecule has 4 rings (SSSR count). The number of hydrogen-bond acceptors (Lipinski definition) is 3. The van der Waals surface area contributed by atoms with Crippen LogP contribution in [-0.4, -0.2) is 36.9 Å². The van der Waals surface area contributed by atoms with Crippen molar-refractivity contribution in [2.24, 2.45) is 5.92 Å². The number of hydrogen-bond donors (Lipinski definition) is 1. The zero-order valence-electron chi connectivity index (χ0n) is 17.4. The zero-order valence-corrected chi connectivity index (χ0v) is 17.4. The number of carbonyl (C=O) groups is 2. The smallest absolute Gasteiger partial charge is 0.254 e. The molecule has 1 fully saturated rings. The number of nitrogens with zero attached hydrogens (tertiary/aromatic N) is 1. The van der Waals surface area contributed by atoms with Crippen molar-refractivity contribution in [3.63, 3.8) is 0 Å². The summed E-state index contributed by atoms with van der Waals surface area (Å²) in [5, 5.41) is 4.99. The lowest BCUT2D eigenvalue weighted by molar-refractivity contribution is -0.121. The third-order valence-corrected chi connectivity index (χ3v) is 5.71. The summed E-state index contributed by atoms with van der Waals surface area (Å²) >= 11 is 0. The van der Waals surface area contributed by atoms with Crippen molar-refractivity contribution in [1.29, 1.82) is 0 Å². The Morgan fingerprint density at radius 3 is 2.70 bits per heavy atom. The van der Waals surface area contributed by atoms with Crippen LogP contribution in [0.25, 0.3) is 10.8 Å². The van der Waals surface area contributed by atoms with Gasteiger partial charge in [-0.3, -0.25) is 9.59 Å². The SMILES string of the molecule is COc1ccc(C)cc1NC(=O)C1CCCN(C(=O)c2cccc3ccccc23)C1. The lowest BCUT2D eigenvalue weighted by atomic mass is 9.95. The maximum atomic E-state index is 13.3. The Hall–Kier alpha value is -3.34. The highest BCUT2D eigenvalue weighted by molar-refractivity contribution is 6.07. The number of fused-ring (bicyclic) bond motifs is 1. The Balaban J connectivity index is 1.51. The molecule has 1 heterocycles. The highest BCUT2D eigenvalue weighted by Crippen LogP contribution is 2.28. The van der Waals surface area contributed by atoms with Gasteiger partial charge in [0.1, 0.15) is 5.75 Å². The van der Waals surface area contributed by atoms with E-state index < -0.39 is 0 Å². The number of likely N-dealkylation sites (tertiary alicyclic amines) is 1. The Labute approximate surface area is 176 Å². The van der Waals surface area contributed by atoms with Crippen LogP contribution in [0.4, 0.5) is 5.69 Å². The fraction of sp³-hybridized carbons (Fsp3) is 0.280. The van der Waals surface area contributed by atoms with E-state index in [1.807, 2.05) is 72.5 Å². The molecule has 5 nitrogen and oxygen atoms in total. The number of rotatable bonds is 4. The van der Waals surface area contributed by atoms with Crippen LogP contribution in [0.15, 0.2) is 60.7 Å². The van der Waals surface area contributed by atoms with Gasteiger partial charge in [0.2, 0.25) is 5.91 Å². The van der Waals surface area contributed by atoms with Crippen molar-refractivity contribution >= 4 is 28.3 Å². The van der Waals surface area contributed by atoms with Crippen LogP contribution in [0.1, 0.15) is 28.8 Å². The number of carbonyl (C=O) groups excluding carboxylic acids is 2. The summed E-state index contributed by atoms with van der Waals surface area (Å²) in [6.07, 6.45) is 1.57. The third kappa shape index (κ3) is 4.01. The maximum absolute atomic E-state index is 13.3. The van der Waals surface area contributed by atoms with Gasteiger partial charge in [0, 0.05) is 18.7 Å². The minimum absolute atomic E-state index is 0.0163. The second-order valence-corrected chi connectivity index (χ2v) is 7.81. The molecule has 1 saturated heterocycles. The largest absolute Gasteiger partial charge is 0.495 e. The van der Waals surface area contributed by atoms with Crippen LogP contribution in [0, 0.1) is 12.8 Å². The molecule has 30 heavy (non-hydrogen) atoms. The molecule has 0 spiro atoms. The van der Waals surface area contributed by atoms with E-state index in [4.69, 9.17) is 4.74 Å². The fourth-order valence-electron chi connectivity index (χ4n) is 4.11. The molecule has 5 heteroatoms. The first-order valence-corrected chi connectivity index (χ1v) is 10.3. The average Bonchev–Trinajstić information content (AvgIpc) is 2.78. The topological polar surface area (TPSA) is 58.6 Å². The van der Waals surface area contributed by atoms with Gasteiger partial charge in [0.15, 0.2) is 0 Å². The summed E-state index contributed by atoms with van der Waals surface area (Å²) in [6, 6.07) is 19.4. The molecule has 1 aliphatic rings. The first kappa shape index (κ1) is 20.0. The summed E-state index contributed by atoms with van der Waals surface area (Å²) < 4.78 is 5.37. The van der Waals surface area contributed by atoms with Crippen LogP contribution in [0.2, 0.25) is 0 Å². The summed E-state index contributed by atoms with van der Waals surface area (Å²) in [5.41, 5.74) is 2.40. The lowest BCUT2D eigenvalue weighted by Crippen LogP contribution is -2.43. The number of ether oxygens (including phenoxy) is 1. The summed E-state index contributed by atoms with van der Waals surface area (Å²) in [7, 11) is 1.59. The lowest BCUT2D eigenvalue weighted by Gasteiger charge is -2.32. The molecule has 1 aliphatic heterocycles. The normalized spacial score (nSPS) is 16.3. The summed E-state index contributed by atoms with van der Waals surface area (Å²) in [6.45, 7) is 3.06. The van der Waals surface area contributed by atoms with Crippen LogP contribution in [-0.2, 0) is 4.79 Å². The molecular weight excluding hydrogens is 376 g/mol.